The summed E-state index contributed by atoms with van der Waals surface area (Å²) in [6.07, 6.45) is -2.73. The van der Waals surface area contributed by atoms with Gasteiger partial charge in [0.15, 0.2) is 6.10 Å². The molecule has 0 saturated carbocycles. The lowest BCUT2D eigenvalue weighted by Gasteiger charge is -2.30. The van der Waals surface area contributed by atoms with Crippen molar-refractivity contribution in [3.05, 3.63) is 35.9 Å². The zero-order chi connectivity index (χ0) is 13.4. The fourth-order valence-corrected chi connectivity index (χ4v) is 2.36. The van der Waals surface area contributed by atoms with Gasteiger partial charge in [-0.3, -0.25) is 4.79 Å². The Balaban J connectivity index is 1.75. The first-order valence-electron chi connectivity index (χ1n) is 6.01. The maximum Gasteiger partial charge on any atom is 0.335 e. The maximum atomic E-state index is 12.0. The van der Waals surface area contributed by atoms with E-state index in [-0.39, 0.29) is 12.5 Å². The van der Waals surface area contributed by atoms with Crippen molar-refractivity contribution < 1.29 is 24.2 Å². The summed E-state index contributed by atoms with van der Waals surface area (Å²) in [5.74, 6) is -1.41. The predicted molar refractivity (Wildman–Crippen MR) is 63.0 cm³/mol. The molecule has 0 aliphatic carbocycles. The minimum absolute atomic E-state index is 0.237. The van der Waals surface area contributed by atoms with Crippen LogP contribution in [0.1, 0.15) is 5.56 Å². The zero-order valence-electron chi connectivity index (χ0n) is 10.1. The third-order valence-corrected chi connectivity index (χ3v) is 3.28. The number of carbonyl (C=O) groups is 2. The molecule has 2 heterocycles. The molecule has 1 amide bonds. The van der Waals surface area contributed by atoms with Gasteiger partial charge in [-0.25, -0.2) is 4.79 Å². The molecule has 6 heteroatoms. The van der Waals surface area contributed by atoms with Gasteiger partial charge in [0.2, 0.25) is 6.29 Å². The summed E-state index contributed by atoms with van der Waals surface area (Å²) < 4.78 is 10.4. The number of fused-ring (bicyclic) bond motifs is 2. The molecule has 1 aromatic rings. The monoisotopic (exact) mass is 263 g/mol. The van der Waals surface area contributed by atoms with E-state index < -0.39 is 24.5 Å². The summed E-state index contributed by atoms with van der Waals surface area (Å²) in [7, 11) is 0. The number of carboxylic acids is 1. The fraction of sp³-hybridized carbons (Fsp3) is 0.385. The van der Waals surface area contributed by atoms with Gasteiger partial charge >= 0.3 is 5.97 Å². The Bertz CT molecular complexity index is 503. The summed E-state index contributed by atoms with van der Waals surface area (Å²) >= 11 is 0. The zero-order valence-corrected chi connectivity index (χ0v) is 10.1. The number of carbonyl (C=O) groups excluding carboxylic acids is 1. The molecule has 2 aliphatic heterocycles. The van der Waals surface area contributed by atoms with Crippen LogP contribution in [-0.4, -0.2) is 46.9 Å². The Kier molecular flexibility index (Phi) is 2.96. The van der Waals surface area contributed by atoms with Gasteiger partial charge in [-0.1, -0.05) is 30.3 Å². The number of nitrogens with zero attached hydrogens (tertiary/aromatic N) is 1. The molecule has 0 radical (unpaired) electrons. The van der Waals surface area contributed by atoms with E-state index in [0.717, 1.165) is 5.56 Å². The topological polar surface area (TPSA) is 76.1 Å². The number of rotatable bonds is 3. The second-order valence-corrected chi connectivity index (χ2v) is 4.61. The number of morpholine rings is 1. The number of hydrogen-bond donors (Lipinski definition) is 1. The van der Waals surface area contributed by atoms with Gasteiger partial charge in [-0.05, 0) is 5.56 Å². The summed E-state index contributed by atoms with van der Waals surface area (Å²) in [6, 6.07) is 9.52. The minimum atomic E-state index is -1.10. The first-order chi connectivity index (χ1) is 9.15. The normalized spacial score (nSPS) is 29.6. The quantitative estimate of drug-likeness (QED) is 0.844. The molecule has 3 atom stereocenters. The van der Waals surface area contributed by atoms with Crippen molar-refractivity contribution in [1.29, 1.82) is 0 Å². The van der Waals surface area contributed by atoms with Crippen molar-refractivity contribution >= 4 is 11.9 Å². The van der Waals surface area contributed by atoms with Crippen molar-refractivity contribution in [2.24, 2.45) is 0 Å². The molecular formula is C13H13NO5. The lowest BCUT2D eigenvalue weighted by atomic mass is 10.1. The van der Waals surface area contributed by atoms with E-state index in [9.17, 15) is 9.59 Å². The number of carboxylic acid groups (broad SMARTS) is 1. The highest BCUT2D eigenvalue weighted by atomic mass is 16.7. The number of benzene rings is 1. The van der Waals surface area contributed by atoms with Crippen molar-refractivity contribution in [2.45, 2.75) is 25.0 Å². The van der Waals surface area contributed by atoms with Crippen LogP contribution in [-0.2, 0) is 25.6 Å². The van der Waals surface area contributed by atoms with Crippen LogP contribution in [0.4, 0.5) is 0 Å². The molecule has 1 aromatic carbocycles. The van der Waals surface area contributed by atoms with Crippen LogP contribution in [0, 0.1) is 0 Å². The first-order valence-corrected chi connectivity index (χ1v) is 6.01. The third kappa shape index (κ3) is 2.20. The SMILES string of the molecule is O=C(O)[C@H]1O[C@@H]2O[C@@H]1CN(Cc1ccccc1)C2=O. The maximum absolute atomic E-state index is 12.0. The second kappa shape index (κ2) is 4.64. The van der Waals surface area contributed by atoms with Gasteiger partial charge in [-0.15, -0.1) is 0 Å². The molecule has 3 rings (SSSR count). The molecular weight excluding hydrogens is 250 g/mol. The van der Waals surface area contributed by atoms with Crippen molar-refractivity contribution in [2.75, 3.05) is 6.54 Å². The third-order valence-electron chi connectivity index (χ3n) is 3.28. The fourth-order valence-electron chi connectivity index (χ4n) is 2.36. The standard InChI is InChI=1S/C13H13NO5/c15-11-13-18-9(10(19-13)12(16)17)7-14(11)6-8-4-2-1-3-5-8/h1-5,9-10,13H,6-7H2,(H,16,17)/t9-,10+,13+/m1/s1. The Hall–Kier alpha value is -1.92. The molecule has 1 N–H and O–H groups in total. The molecule has 0 aromatic heterocycles. The number of ether oxygens (including phenoxy) is 2. The Morgan fingerprint density at radius 2 is 2.05 bits per heavy atom. The first kappa shape index (κ1) is 12.1. The minimum Gasteiger partial charge on any atom is -0.479 e. The van der Waals surface area contributed by atoms with Crippen LogP contribution in [0.5, 0.6) is 0 Å². The van der Waals surface area contributed by atoms with E-state index in [0.29, 0.717) is 6.54 Å². The van der Waals surface area contributed by atoms with Gasteiger partial charge in [0.25, 0.3) is 5.91 Å². The Morgan fingerprint density at radius 1 is 1.32 bits per heavy atom. The van der Waals surface area contributed by atoms with E-state index >= 15 is 0 Å². The molecule has 19 heavy (non-hydrogen) atoms. The van der Waals surface area contributed by atoms with Crippen molar-refractivity contribution in [3.8, 4) is 0 Å². The van der Waals surface area contributed by atoms with Crippen molar-refractivity contribution in [1.82, 2.24) is 4.90 Å². The number of hydrogen-bond acceptors (Lipinski definition) is 4. The van der Waals surface area contributed by atoms with Gasteiger partial charge in [0.05, 0.1) is 6.54 Å². The molecule has 0 unspecified atom stereocenters. The second-order valence-electron chi connectivity index (χ2n) is 4.61. The largest absolute Gasteiger partial charge is 0.479 e. The van der Waals surface area contributed by atoms with Crippen LogP contribution < -0.4 is 0 Å². The highest BCUT2D eigenvalue weighted by Crippen LogP contribution is 2.27. The molecule has 2 aliphatic rings. The van der Waals surface area contributed by atoms with E-state index in [1.165, 1.54) is 0 Å². The highest BCUT2D eigenvalue weighted by Gasteiger charge is 2.50. The summed E-state index contributed by atoms with van der Waals surface area (Å²) in [5, 5.41) is 8.99. The van der Waals surface area contributed by atoms with Crippen LogP contribution in [0.25, 0.3) is 0 Å². The van der Waals surface area contributed by atoms with Gasteiger partial charge in [-0.2, -0.15) is 0 Å². The predicted octanol–water partition coefficient (Wildman–Crippen LogP) is 0.223. The van der Waals surface area contributed by atoms with E-state index in [1.54, 1.807) is 4.90 Å². The van der Waals surface area contributed by atoms with Crippen molar-refractivity contribution in [3.63, 3.8) is 0 Å². The Morgan fingerprint density at radius 3 is 2.74 bits per heavy atom. The van der Waals surface area contributed by atoms with Crippen LogP contribution in [0.3, 0.4) is 0 Å². The van der Waals surface area contributed by atoms with E-state index in [4.69, 9.17) is 14.6 Å². The average molecular weight is 263 g/mol. The van der Waals surface area contributed by atoms with Crippen LogP contribution in [0.2, 0.25) is 0 Å². The molecule has 0 spiro atoms. The van der Waals surface area contributed by atoms with E-state index in [1.807, 2.05) is 30.3 Å². The lowest BCUT2D eigenvalue weighted by molar-refractivity contribution is -0.173. The van der Waals surface area contributed by atoms with E-state index in [2.05, 4.69) is 0 Å². The van der Waals surface area contributed by atoms with Gasteiger partial charge in [0, 0.05) is 6.54 Å². The van der Waals surface area contributed by atoms with Gasteiger partial charge < -0.3 is 19.5 Å². The summed E-state index contributed by atoms with van der Waals surface area (Å²) in [4.78, 5) is 24.6. The molecule has 6 nitrogen and oxygen atoms in total. The highest BCUT2D eigenvalue weighted by molar-refractivity contribution is 5.83. The molecule has 2 fully saturated rings. The summed E-state index contributed by atoms with van der Waals surface area (Å²) in [6.45, 7) is 0.674. The average Bonchev–Trinajstić information content (AvgIpc) is 2.77. The smallest absolute Gasteiger partial charge is 0.335 e. The Labute approximate surface area is 109 Å². The lowest BCUT2D eigenvalue weighted by Crippen LogP contribution is -2.48. The van der Waals surface area contributed by atoms with Gasteiger partial charge in [0.1, 0.15) is 6.10 Å². The van der Waals surface area contributed by atoms with Crippen LogP contribution >= 0.6 is 0 Å². The number of aliphatic carboxylic acids is 1. The number of amides is 1. The van der Waals surface area contributed by atoms with Crippen LogP contribution in [0.15, 0.2) is 30.3 Å². The summed E-state index contributed by atoms with van der Waals surface area (Å²) in [5.41, 5.74) is 0.990. The molecule has 100 valence electrons. The molecule has 2 bridgehead atoms. The molecule has 2 saturated heterocycles.